The van der Waals surface area contributed by atoms with Crippen LogP contribution in [0.5, 0.6) is 0 Å². The zero-order valence-electron chi connectivity index (χ0n) is 15.0. The van der Waals surface area contributed by atoms with Crippen LogP contribution in [-0.2, 0) is 4.74 Å². The van der Waals surface area contributed by atoms with Crippen LogP contribution in [0.15, 0.2) is 12.4 Å². The van der Waals surface area contributed by atoms with Crippen molar-refractivity contribution in [3.8, 4) is 0 Å². The van der Waals surface area contributed by atoms with E-state index in [0.29, 0.717) is 12.2 Å². The predicted molar refractivity (Wildman–Crippen MR) is 101 cm³/mol. The van der Waals surface area contributed by atoms with Crippen molar-refractivity contribution in [1.82, 2.24) is 14.9 Å². The molecule has 6 nitrogen and oxygen atoms in total. The van der Waals surface area contributed by atoms with Crippen LogP contribution >= 0.6 is 11.8 Å². The first-order valence-corrected chi connectivity index (χ1v) is 10.0. The van der Waals surface area contributed by atoms with E-state index in [1.54, 1.807) is 6.33 Å². The van der Waals surface area contributed by atoms with E-state index >= 15 is 0 Å². The van der Waals surface area contributed by atoms with Crippen LogP contribution in [-0.4, -0.2) is 84.9 Å². The molecule has 24 heavy (non-hydrogen) atoms. The number of aromatic nitrogens is 2. The highest BCUT2D eigenvalue weighted by Crippen LogP contribution is 2.20. The Morgan fingerprint density at radius 1 is 1.21 bits per heavy atom. The summed E-state index contributed by atoms with van der Waals surface area (Å²) in [5, 5.41) is 0. The second kappa shape index (κ2) is 8.36. The average molecular weight is 352 g/mol. The van der Waals surface area contributed by atoms with Crippen LogP contribution in [0.4, 0.5) is 11.6 Å². The van der Waals surface area contributed by atoms with Gasteiger partial charge in [0, 0.05) is 63.9 Å². The van der Waals surface area contributed by atoms with Crippen molar-refractivity contribution in [3.05, 3.63) is 12.4 Å². The summed E-state index contributed by atoms with van der Waals surface area (Å²) in [6.07, 6.45) is 2.34. The summed E-state index contributed by atoms with van der Waals surface area (Å²) in [6, 6.07) is 2.13. The molecular weight excluding hydrogens is 322 g/mol. The fraction of sp³-hybridized carbons (Fsp3) is 0.765. The number of thioether (sulfide) groups is 1. The lowest BCUT2D eigenvalue weighted by Gasteiger charge is -2.36. The summed E-state index contributed by atoms with van der Waals surface area (Å²) < 4.78 is 5.81. The Morgan fingerprint density at radius 2 is 1.92 bits per heavy atom. The van der Waals surface area contributed by atoms with Crippen LogP contribution in [0.3, 0.4) is 0 Å². The van der Waals surface area contributed by atoms with Gasteiger partial charge in [0.2, 0.25) is 0 Å². The molecule has 7 heteroatoms. The van der Waals surface area contributed by atoms with Crippen molar-refractivity contribution < 1.29 is 4.74 Å². The highest BCUT2D eigenvalue weighted by molar-refractivity contribution is 7.99. The van der Waals surface area contributed by atoms with Gasteiger partial charge in [-0.25, -0.2) is 9.97 Å². The van der Waals surface area contributed by atoms with Crippen molar-refractivity contribution in [3.63, 3.8) is 0 Å². The van der Waals surface area contributed by atoms with Gasteiger partial charge >= 0.3 is 0 Å². The number of rotatable bonds is 5. The molecule has 0 unspecified atom stereocenters. The largest absolute Gasteiger partial charge is 0.373 e. The topological polar surface area (TPSA) is 44.7 Å². The number of ether oxygens (including phenoxy) is 1. The molecule has 0 N–H and O–H groups in total. The monoisotopic (exact) mass is 351 g/mol. The number of hydrogen-bond acceptors (Lipinski definition) is 7. The highest BCUT2D eigenvalue weighted by atomic mass is 32.2. The predicted octanol–water partition coefficient (Wildman–Crippen LogP) is 1.58. The Kier molecular flexibility index (Phi) is 6.19. The molecule has 0 aliphatic carbocycles. The molecule has 0 spiro atoms. The molecule has 1 aromatic rings. The lowest BCUT2D eigenvalue weighted by atomic mass is 10.2. The maximum atomic E-state index is 5.81. The average Bonchev–Trinajstić information content (AvgIpc) is 2.60. The number of likely N-dealkylation sites (N-methyl/N-ethyl adjacent to an activating group) is 1. The standard InChI is InChI=1S/C17H29N5OS/c1-14-11-21(12-15(2)23-14)5-4-20(3)16-10-17(19-13-18-16)22-6-8-24-9-7-22/h10,13-15H,4-9,11-12H2,1-3H3/t14-,15+. The Hall–Kier alpha value is -1.05. The molecule has 3 heterocycles. The molecule has 2 atom stereocenters. The molecule has 134 valence electrons. The van der Waals surface area contributed by atoms with Crippen molar-refractivity contribution in [2.75, 3.05) is 67.6 Å². The molecule has 2 aliphatic heterocycles. The molecule has 2 fully saturated rings. The second-order valence-corrected chi connectivity index (χ2v) is 8.00. The van der Waals surface area contributed by atoms with E-state index in [2.05, 4.69) is 51.6 Å². The van der Waals surface area contributed by atoms with Gasteiger partial charge in [-0.15, -0.1) is 0 Å². The van der Waals surface area contributed by atoms with Crippen molar-refractivity contribution in [1.29, 1.82) is 0 Å². The molecule has 2 aliphatic rings. The van der Waals surface area contributed by atoms with E-state index in [-0.39, 0.29) is 0 Å². The zero-order valence-corrected chi connectivity index (χ0v) is 15.8. The second-order valence-electron chi connectivity index (χ2n) is 6.77. The zero-order chi connectivity index (χ0) is 16.9. The molecule has 1 aromatic heterocycles. The third kappa shape index (κ3) is 4.74. The van der Waals surface area contributed by atoms with E-state index in [1.165, 1.54) is 11.5 Å². The maximum absolute atomic E-state index is 5.81. The lowest BCUT2D eigenvalue weighted by Crippen LogP contribution is -2.47. The van der Waals surface area contributed by atoms with Gasteiger partial charge in [-0.05, 0) is 13.8 Å². The van der Waals surface area contributed by atoms with Crippen LogP contribution in [0.1, 0.15) is 13.8 Å². The number of hydrogen-bond donors (Lipinski definition) is 0. The third-order valence-corrected chi connectivity index (χ3v) is 5.55. The first-order chi connectivity index (χ1) is 11.6. The van der Waals surface area contributed by atoms with Gasteiger partial charge < -0.3 is 14.5 Å². The summed E-state index contributed by atoms with van der Waals surface area (Å²) in [7, 11) is 2.12. The fourth-order valence-corrected chi connectivity index (χ4v) is 4.29. The van der Waals surface area contributed by atoms with Crippen LogP contribution in [0.2, 0.25) is 0 Å². The van der Waals surface area contributed by atoms with Gasteiger partial charge in [0.1, 0.15) is 18.0 Å². The molecule has 2 saturated heterocycles. The van der Waals surface area contributed by atoms with Gasteiger partial charge in [-0.1, -0.05) is 0 Å². The Morgan fingerprint density at radius 3 is 2.62 bits per heavy atom. The summed E-state index contributed by atoms with van der Waals surface area (Å²) in [5.41, 5.74) is 0. The first kappa shape index (κ1) is 17.8. The number of nitrogens with zero attached hydrogens (tertiary/aromatic N) is 5. The van der Waals surface area contributed by atoms with Gasteiger partial charge in [0.15, 0.2) is 0 Å². The Balaban J connectivity index is 1.55. The third-order valence-electron chi connectivity index (χ3n) is 4.61. The van der Waals surface area contributed by atoms with E-state index in [1.807, 2.05) is 11.8 Å². The number of anilines is 2. The maximum Gasteiger partial charge on any atom is 0.134 e. The van der Waals surface area contributed by atoms with E-state index in [4.69, 9.17) is 4.74 Å². The molecular formula is C17H29N5OS. The van der Waals surface area contributed by atoms with Crippen LogP contribution in [0, 0.1) is 0 Å². The van der Waals surface area contributed by atoms with E-state index < -0.39 is 0 Å². The molecule has 3 rings (SSSR count). The molecule has 0 aromatic carbocycles. The normalized spacial score (nSPS) is 25.7. The van der Waals surface area contributed by atoms with E-state index in [0.717, 1.165) is 50.9 Å². The molecule has 0 saturated carbocycles. The van der Waals surface area contributed by atoms with Crippen molar-refractivity contribution >= 4 is 23.4 Å². The quantitative estimate of drug-likeness (QED) is 0.798. The minimum Gasteiger partial charge on any atom is -0.373 e. The Bertz CT molecular complexity index is 515. The van der Waals surface area contributed by atoms with Crippen molar-refractivity contribution in [2.45, 2.75) is 26.1 Å². The smallest absolute Gasteiger partial charge is 0.134 e. The minimum absolute atomic E-state index is 0.321. The first-order valence-electron chi connectivity index (χ1n) is 8.85. The molecule has 0 amide bonds. The highest BCUT2D eigenvalue weighted by Gasteiger charge is 2.22. The number of morpholine rings is 1. The van der Waals surface area contributed by atoms with Crippen LogP contribution in [0.25, 0.3) is 0 Å². The van der Waals surface area contributed by atoms with Gasteiger partial charge in [-0.3, -0.25) is 4.90 Å². The SMILES string of the molecule is C[C@@H]1CN(CCN(C)c2cc(N3CCSCC3)ncn2)C[C@H](C)O1. The summed E-state index contributed by atoms with van der Waals surface area (Å²) in [5.74, 6) is 4.43. The summed E-state index contributed by atoms with van der Waals surface area (Å²) in [6.45, 7) is 10.5. The van der Waals surface area contributed by atoms with Gasteiger partial charge in [0.25, 0.3) is 0 Å². The molecule has 0 radical (unpaired) electrons. The molecule has 0 bridgehead atoms. The van der Waals surface area contributed by atoms with Gasteiger partial charge in [0.05, 0.1) is 12.2 Å². The van der Waals surface area contributed by atoms with Gasteiger partial charge in [-0.2, -0.15) is 11.8 Å². The summed E-state index contributed by atoms with van der Waals surface area (Å²) in [4.78, 5) is 16.0. The lowest BCUT2D eigenvalue weighted by molar-refractivity contribution is -0.0670. The summed E-state index contributed by atoms with van der Waals surface area (Å²) >= 11 is 2.02. The Labute approximate surface area is 149 Å². The fourth-order valence-electron chi connectivity index (χ4n) is 3.38. The minimum atomic E-state index is 0.321. The van der Waals surface area contributed by atoms with Crippen LogP contribution < -0.4 is 9.80 Å². The van der Waals surface area contributed by atoms with Crippen molar-refractivity contribution in [2.24, 2.45) is 0 Å². The van der Waals surface area contributed by atoms with E-state index in [9.17, 15) is 0 Å².